The second-order valence-electron chi connectivity index (χ2n) is 9.51. The van der Waals surface area contributed by atoms with Crippen LogP contribution in [0.1, 0.15) is 35.3 Å². The van der Waals surface area contributed by atoms with Crippen molar-refractivity contribution in [3.05, 3.63) is 47.9 Å². The minimum absolute atomic E-state index is 0.0519. The Morgan fingerprint density at radius 2 is 2.18 bits per heavy atom. The molecule has 1 unspecified atom stereocenters. The highest BCUT2D eigenvalue weighted by Crippen LogP contribution is 2.31. The molecule has 3 aliphatic rings. The van der Waals surface area contributed by atoms with Crippen LogP contribution in [0.25, 0.3) is 11.1 Å². The molecule has 1 aromatic carbocycles. The van der Waals surface area contributed by atoms with Crippen LogP contribution in [0.5, 0.6) is 11.6 Å². The summed E-state index contributed by atoms with van der Waals surface area (Å²) in [6, 6.07) is 7.73. The second-order valence-corrected chi connectivity index (χ2v) is 9.51. The standard InChI is InChI=1S/C25H29N5O4/c1-29-12-19(11-26-29)17-4-5-23-18(8-17)9-20(15-33-23)27-25(31)22-10-24-30(28-22)13-21(34-24)6-7-32-14-16-2-3-16/h4-5,8,10-12,16,20-21H,2-3,6-7,9,13-15H2,1H3,(H,27,31)/t20-,21?/m1/s1. The summed E-state index contributed by atoms with van der Waals surface area (Å²) in [5, 5.41) is 11.8. The van der Waals surface area contributed by atoms with Crippen molar-refractivity contribution in [3.8, 4) is 22.8 Å². The number of aromatic nitrogens is 4. The normalized spacial score (nSPS) is 20.9. The summed E-state index contributed by atoms with van der Waals surface area (Å²) >= 11 is 0. The zero-order valence-electron chi connectivity index (χ0n) is 19.3. The van der Waals surface area contributed by atoms with Gasteiger partial charge in [0.15, 0.2) is 5.69 Å². The maximum Gasteiger partial charge on any atom is 0.272 e. The molecule has 178 valence electrons. The molecule has 2 atom stereocenters. The van der Waals surface area contributed by atoms with Crippen LogP contribution in [-0.4, -0.2) is 57.4 Å². The number of fused-ring (bicyclic) bond motifs is 2. The van der Waals surface area contributed by atoms with E-state index < -0.39 is 0 Å². The summed E-state index contributed by atoms with van der Waals surface area (Å²) in [6.07, 6.45) is 8.00. The van der Waals surface area contributed by atoms with Gasteiger partial charge in [0.25, 0.3) is 5.91 Å². The Morgan fingerprint density at radius 1 is 1.26 bits per heavy atom. The first-order chi connectivity index (χ1) is 16.6. The highest BCUT2D eigenvalue weighted by atomic mass is 16.5. The number of nitrogens with one attached hydrogen (secondary N) is 1. The van der Waals surface area contributed by atoms with Crippen LogP contribution in [-0.2, 0) is 24.8 Å². The van der Waals surface area contributed by atoms with Crippen LogP contribution in [0.2, 0.25) is 0 Å². The van der Waals surface area contributed by atoms with E-state index in [0.29, 0.717) is 37.8 Å². The quantitative estimate of drug-likeness (QED) is 0.517. The van der Waals surface area contributed by atoms with Gasteiger partial charge in [0.05, 0.1) is 25.4 Å². The van der Waals surface area contributed by atoms with Crippen molar-refractivity contribution in [2.75, 3.05) is 19.8 Å². The van der Waals surface area contributed by atoms with Crippen molar-refractivity contribution in [2.45, 2.75) is 44.4 Å². The van der Waals surface area contributed by atoms with E-state index in [1.54, 1.807) is 15.4 Å². The summed E-state index contributed by atoms with van der Waals surface area (Å²) in [4.78, 5) is 12.9. The summed E-state index contributed by atoms with van der Waals surface area (Å²) < 4.78 is 21.1. The van der Waals surface area contributed by atoms with E-state index in [1.807, 2.05) is 31.6 Å². The fraction of sp³-hybridized carbons (Fsp3) is 0.480. The fourth-order valence-electron chi connectivity index (χ4n) is 4.53. The van der Waals surface area contributed by atoms with E-state index in [1.165, 1.54) is 12.8 Å². The van der Waals surface area contributed by atoms with Crippen molar-refractivity contribution in [2.24, 2.45) is 13.0 Å². The van der Waals surface area contributed by atoms with Gasteiger partial charge in [-0.2, -0.15) is 10.2 Å². The first-order valence-electron chi connectivity index (χ1n) is 12.0. The van der Waals surface area contributed by atoms with Gasteiger partial charge in [-0.05, 0) is 48.4 Å². The SMILES string of the molecule is Cn1cc(-c2ccc3c(c2)C[C@@H](NC(=O)c2cc4n(n2)CC(CCOCC2CC2)O4)CO3)cn1. The molecule has 4 heterocycles. The highest BCUT2D eigenvalue weighted by molar-refractivity contribution is 5.92. The third-order valence-electron chi connectivity index (χ3n) is 6.61. The van der Waals surface area contributed by atoms with Gasteiger partial charge in [0.1, 0.15) is 18.5 Å². The number of amides is 1. The van der Waals surface area contributed by atoms with Gasteiger partial charge in [0.2, 0.25) is 5.88 Å². The number of hydrogen-bond acceptors (Lipinski definition) is 6. The van der Waals surface area contributed by atoms with Gasteiger partial charge < -0.3 is 19.5 Å². The van der Waals surface area contributed by atoms with Crippen molar-refractivity contribution >= 4 is 5.91 Å². The topological polar surface area (TPSA) is 92.4 Å². The lowest BCUT2D eigenvalue weighted by Crippen LogP contribution is -2.43. The monoisotopic (exact) mass is 463 g/mol. The molecule has 1 fully saturated rings. The Kier molecular flexibility index (Phi) is 5.49. The van der Waals surface area contributed by atoms with E-state index in [0.717, 1.165) is 41.4 Å². The average molecular weight is 464 g/mol. The number of carbonyl (C=O) groups excluding carboxylic acids is 1. The van der Waals surface area contributed by atoms with Crippen molar-refractivity contribution in [1.82, 2.24) is 24.9 Å². The third-order valence-corrected chi connectivity index (χ3v) is 6.61. The van der Waals surface area contributed by atoms with Crippen molar-refractivity contribution < 1.29 is 19.0 Å². The zero-order chi connectivity index (χ0) is 23.1. The molecule has 34 heavy (non-hydrogen) atoms. The zero-order valence-corrected chi connectivity index (χ0v) is 19.3. The average Bonchev–Trinajstić information content (AvgIpc) is 3.21. The number of nitrogens with zero attached hydrogens (tertiary/aromatic N) is 4. The van der Waals surface area contributed by atoms with E-state index in [9.17, 15) is 4.79 Å². The van der Waals surface area contributed by atoms with Crippen LogP contribution in [0, 0.1) is 5.92 Å². The highest BCUT2D eigenvalue weighted by Gasteiger charge is 2.29. The number of aryl methyl sites for hydroxylation is 1. The van der Waals surface area contributed by atoms with Gasteiger partial charge in [-0.15, -0.1) is 0 Å². The lowest BCUT2D eigenvalue weighted by Gasteiger charge is -2.26. The Balaban J connectivity index is 1.03. The van der Waals surface area contributed by atoms with Gasteiger partial charge in [-0.1, -0.05) is 6.07 Å². The Labute approximate surface area is 198 Å². The molecule has 9 heteroatoms. The number of ether oxygens (including phenoxy) is 3. The van der Waals surface area contributed by atoms with Crippen LogP contribution in [0.4, 0.5) is 0 Å². The second kappa shape index (κ2) is 8.79. The largest absolute Gasteiger partial charge is 0.491 e. The molecule has 1 N–H and O–H groups in total. The molecule has 0 saturated heterocycles. The molecule has 1 amide bonds. The van der Waals surface area contributed by atoms with E-state index in [4.69, 9.17) is 14.2 Å². The number of benzene rings is 1. The molecular weight excluding hydrogens is 434 g/mol. The molecule has 9 nitrogen and oxygen atoms in total. The summed E-state index contributed by atoms with van der Waals surface area (Å²) in [6.45, 7) is 2.64. The smallest absolute Gasteiger partial charge is 0.272 e. The summed E-state index contributed by atoms with van der Waals surface area (Å²) in [5.41, 5.74) is 3.57. The third kappa shape index (κ3) is 4.52. The van der Waals surface area contributed by atoms with Gasteiger partial charge in [-0.3, -0.25) is 9.48 Å². The van der Waals surface area contributed by atoms with E-state index >= 15 is 0 Å². The van der Waals surface area contributed by atoms with Crippen LogP contribution in [0.3, 0.4) is 0 Å². The molecular formula is C25H29N5O4. The van der Waals surface area contributed by atoms with E-state index in [2.05, 4.69) is 21.6 Å². The maximum atomic E-state index is 12.9. The van der Waals surface area contributed by atoms with Crippen molar-refractivity contribution in [3.63, 3.8) is 0 Å². The lowest BCUT2D eigenvalue weighted by molar-refractivity contribution is 0.0893. The van der Waals surface area contributed by atoms with Crippen molar-refractivity contribution in [1.29, 1.82) is 0 Å². The first-order valence-corrected chi connectivity index (χ1v) is 12.0. The minimum Gasteiger partial charge on any atom is -0.491 e. The van der Waals surface area contributed by atoms with E-state index in [-0.39, 0.29) is 18.1 Å². The Morgan fingerprint density at radius 3 is 2.97 bits per heavy atom. The summed E-state index contributed by atoms with van der Waals surface area (Å²) in [7, 11) is 1.90. The predicted octanol–water partition coefficient (Wildman–Crippen LogP) is 2.59. The Hall–Kier alpha value is -3.33. The van der Waals surface area contributed by atoms with Gasteiger partial charge >= 0.3 is 0 Å². The number of rotatable bonds is 8. The van der Waals surface area contributed by atoms with Gasteiger partial charge in [0, 0.05) is 37.9 Å². The van der Waals surface area contributed by atoms with Gasteiger partial charge in [-0.25, -0.2) is 4.68 Å². The minimum atomic E-state index is -0.213. The molecule has 6 rings (SSSR count). The predicted molar refractivity (Wildman–Crippen MR) is 124 cm³/mol. The lowest BCUT2D eigenvalue weighted by atomic mass is 9.98. The molecule has 1 saturated carbocycles. The maximum absolute atomic E-state index is 12.9. The molecule has 2 aliphatic heterocycles. The molecule has 0 spiro atoms. The molecule has 3 aromatic rings. The number of carbonyl (C=O) groups is 1. The molecule has 1 aliphatic carbocycles. The molecule has 2 aromatic heterocycles. The van der Waals surface area contributed by atoms with Crippen LogP contribution < -0.4 is 14.8 Å². The number of hydrogen-bond donors (Lipinski definition) is 1. The first kappa shape index (κ1) is 21.2. The summed E-state index contributed by atoms with van der Waals surface area (Å²) in [5.74, 6) is 2.06. The van der Waals surface area contributed by atoms with Crippen LogP contribution in [0.15, 0.2) is 36.7 Å². The van der Waals surface area contributed by atoms with Crippen LogP contribution >= 0.6 is 0 Å². The molecule has 0 radical (unpaired) electrons. The fourth-order valence-corrected chi connectivity index (χ4v) is 4.53. The molecule has 0 bridgehead atoms. The Bertz CT molecular complexity index is 1170.